The Bertz CT molecular complexity index is 706. The number of hydrogen-bond donors (Lipinski definition) is 0. The van der Waals surface area contributed by atoms with E-state index in [2.05, 4.69) is 0 Å². The van der Waals surface area contributed by atoms with E-state index in [1.807, 2.05) is 0 Å². The summed E-state index contributed by atoms with van der Waals surface area (Å²) in [6, 6.07) is 12.1. The largest absolute Gasteiger partial charge is 0.497 e. The van der Waals surface area contributed by atoms with Gasteiger partial charge in [0.1, 0.15) is 17.2 Å². The molecule has 0 aromatic heterocycles. The van der Waals surface area contributed by atoms with Gasteiger partial charge in [-0.05, 0) is 24.3 Å². The van der Waals surface area contributed by atoms with Gasteiger partial charge in [-0.2, -0.15) is 0 Å². The van der Waals surface area contributed by atoms with Gasteiger partial charge in [0.15, 0.2) is 0 Å². The van der Waals surface area contributed by atoms with E-state index in [1.54, 1.807) is 49.6 Å². The second-order valence-electron chi connectivity index (χ2n) is 4.55. The van der Waals surface area contributed by atoms with Crippen molar-refractivity contribution in [3.8, 4) is 28.4 Å². The highest BCUT2D eigenvalue weighted by atomic mass is 16.5. The Hall–Kier alpha value is -2.82. The van der Waals surface area contributed by atoms with Crippen LogP contribution in [-0.2, 0) is 9.59 Å². The van der Waals surface area contributed by atoms with Crippen LogP contribution in [0, 0.1) is 0 Å². The van der Waals surface area contributed by atoms with Crippen molar-refractivity contribution in [2.75, 3.05) is 7.11 Å². The fourth-order valence-electron chi connectivity index (χ4n) is 2.02. The van der Waals surface area contributed by atoms with Gasteiger partial charge in [-0.1, -0.05) is 18.2 Å². The Morgan fingerprint density at radius 2 is 1.41 bits per heavy atom. The second kappa shape index (κ2) is 6.76. The van der Waals surface area contributed by atoms with Crippen LogP contribution in [0.1, 0.15) is 13.8 Å². The molecule has 2 aromatic rings. The minimum Gasteiger partial charge on any atom is -0.497 e. The maximum Gasteiger partial charge on any atom is 0.308 e. The molecule has 0 aliphatic rings. The second-order valence-corrected chi connectivity index (χ2v) is 4.55. The summed E-state index contributed by atoms with van der Waals surface area (Å²) in [5.74, 6) is 0.494. The third-order valence-electron chi connectivity index (χ3n) is 2.87. The lowest BCUT2D eigenvalue weighted by atomic mass is 10.0. The van der Waals surface area contributed by atoms with E-state index in [4.69, 9.17) is 14.2 Å². The molecule has 5 heteroatoms. The lowest BCUT2D eigenvalue weighted by molar-refractivity contribution is -0.132. The maximum atomic E-state index is 11.3. The molecule has 0 aliphatic carbocycles. The lowest BCUT2D eigenvalue weighted by Gasteiger charge is -2.14. The Morgan fingerprint density at radius 1 is 0.818 bits per heavy atom. The number of carbonyl (C=O) groups excluding carboxylic acids is 2. The third kappa shape index (κ3) is 3.63. The van der Waals surface area contributed by atoms with E-state index in [0.29, 0.717) is 28.4 Å². The summed E-state index contributed by atoms with van der Waals surface area (Å²) in [5, 5.41) is 0. The quantitative estimate of drug-likeness (QED) is 0.641. The molecule has 0 unspecified atom stereocenters. The first-order valence-corrected chi connectivity index (χ1v) is 6.65. The number of benzene rings is 2. The van der Waals surface area contributed by atoms with Gasteiger partial charge in [-0.3, -0.25) is 9.59 Å². The van der Waals surface area contributed by atoms with E-state index < -0.39 is 11.9 Å². The monoisotopic (exact) mass is 300 g/mol. The molecular formula is C17H16O5. The van der Waals surface area contributed by atoms with Crippen LogP contribution in [0.3, 0.4) is 0 Å². The molecule has 0 amide bonds. The molecule has 0 radical (unpaired) electrons. The maximum absolute atomic E-state index is 11.3. The Morgan fingerprint density at radius 3 is 2.00 bits per heavy atom. The number of methoxy groups -OCH3 is 1. The van der Waals surface area contributed by atoms with Crippen molar-refractivity contribution in [2.45, 2.75) is 13.8 Å². The minimum atomic E-state index is -0.434. The van der Waals surface area contributed by atoms with Crippen LogP contribution >= 0.6 is 0 Å². The fourth-order valence-corrected chi connectivity index (χ4v) is 2.02. The zero-order valence-electron chi connectivity index (χ0n) is 12.6. The molecule has 0 spiro atoms. The fraction of sp³-hybridized carbons (Fsp3) is 0.176. The van der Waals surface area contributed by atoms with Crippen LogP contribution < -0.4 is 14.2 Å². The van der Waals surface area contributed by atoms with Gasteiger partial charge >= 0.3 is 11.9 Å². The zero-order chi connectivity index (χ0) is 16.1. The molecular weight excluding hydrogens is 284 g/mol. The van der Waals surface area contributed by atoms with Crippen molar-refractivity contribution in [2.24, 2.45) is 0 Å². The minimum absolute atomic E-state index is 0.368. The molecule has 22 heavy (non-hydrogen) atoms. The third-order valence-corrected chi connectivity index (χ3v) is 2.87. The molecule has 2 aromatic carbocycles. The number of rotatable bonds is 4. The number of para-hydroxylation sites is 1. The summed E-state index contributed by atoms with van der Waals surface area (Å²) in [6.45, 7) is 2.65. The molecule has 0 aliphatic heterocycles. The van der Waals surface area contributed by atoms with E-state index in [-0.39, 0.29) is 0 Å². The predicted octanol–water partition coefficient (Wildman–Crippen LogP) is 3.21. The first-order valence-electron chi connectivity index (χ1n) is 6.65. The van der Waals surface area contributed by atoms with Crippen molar-refractivity contribution < 1.29 is 23.8 Å². The van der Waals surface area contributed by atoms with E-state index >= 15 is 0 Å². The van der Waals surface area contributed by atoms with Crippen molar-refractivity contribution >= 4 is 11.9 Å². The van der Waals surface area contributed by atoms with Crippen LogP contribution in [0.2, 0.25) is 0 Å². The van der Waals surface area contributed by atoms with E-state index in [1.165, 1.54) is 13.8 Å². The van der Waals surface area contributed by atoms with Gasteiger partial charge in [-0.15, -0.1) is 0 Å². The summed E-state index contributed by atoms with van der Waals surface area (Å²) in [4.78, 5) is 22.5. The Kier molecular flexibility index (Phi) is 4.78. The summed E-state index contributed by atoms with van der Waals surface area (Å²) in [5.41, 5.74) is 1.24. The Labute approximate surface area is 128 Å². The highest BCUT2D eigenvalue weighted by Gasteiger charge is 2.15. The highest BCUT2D eigenvalue weighted by molar-refractivity contribution is 5.82. The van der Waals surface area contributed by atoms with E-state index in [9.17, 15) is 9.59 Å². The smallest absolute Gasteiger partial charge is 0.308 e. The average Bonchev–Trinajstić information content (AvgIpc) is 2.47. The summed E-state index contributed by atoms with van der Waals surface area (Å²) >= 11 is 0. The number of hydrogen-bond acceptors (Lipinski definition) is 5. The predicted molar refractivity (Wildman–Crippen MR) is 81.0 cm³/mol. The highest BCUT2D eigenvalue weighted by Crippen LogP contribution is 2.38. The molecule has 0 saturated heterocycles. The van der Waals surface area contributed by atoms with Gasteiger partial charge in [0.25, 0.3) is 0 Å². The molecule has 114 valence electrons. The van der Waals surface area contributed by atoms with Gasteiger partial charge in [0.05, 0.1) is 7.11 Å². The van der Waals surface area contributed by atoms with Crippen molar-refractivity contribution in [1.82, 2.24) is 0 Å². The molecule has 0 fully saturated rings. The Balaban J connectivity index is 2.59. The van der Waals surface area contributed by atoms with Crippen LogP contribution in [0.25, 0.3) is 11.1 Å². The molecule has 0 N–H and O–H groups in total. The normalized spacial score (nSPS) is 9.95. The summed E-state index contributed by atoms with van der Waals surface area (Å²) < 4.78 is 15.6. The molecule has 0 heterocycles. The van der Waals surface area contributed by atoms with Crippen LogP contribution in [-0.4, -0.2) is 19.0 Å². The lowest BCUT2D eigenvalue weighted by Crippen LogP contribution is -2.05. The standard InChI is InChI=1S/C17H16O5/c1-11(18)21-16-7-5-4-6-14(16)15-10-13(20-3)8-9-17(15)22-12(2)19/h4-10H,1-3H3. The van der Waals surface area contributed by atoms with Gasteiger partial charge in [-0.25, -0.2) is 0 Å². The summed E-state index contributed by atoms with van der Waals surface area (Å²) in [6.07, 6.45) is 0. The summed E-state index contributed by atoms with van der Waals surface area (Å²) in [7, 11) is 1.54. The van der Waals surface area contributed by atoms with Gasteiger partial charge in [0, 0.05) is 25.0 Å². The van der Waals surface area contributed by atoms with Crippen LogP contribution in [0.4, 0.5) is 0 Å². The van der Waals surface area contributed by atoms with Gasteiger partial charge < -0.3 is 14.2 Å². The number of carbonyl (C=O) groups is 2. The van der Waals surface area contributed by atoms with Crippen molar-refractivity contribution in [3.05, 3.63) is 42.5 Å². The van der Waals surface area contributed by atoms with E-state index in [0.717, 1.165) is 0 Å². The van der Waals surface area contributed by atoms with Crippen LogP contribution in [0.5, 0.6) is 17.2 Å². The van der Waals surface area contributed by atoms with Crippen LogP contribution in [0.15, 0.2) is 42.5 Å². The molecule has 0 atom stereocenters. The first kappa shape index (κ1) is 15.6. The van der Waals surface area contributed by atoms with Gasteiger partial charge in [0.2, 0.25) is 0 Å². The average molecular weight is 300 g/mol. The molecule has 2 rings (SSSR count). The zero-order valence-corrected chi connectivity index (χ0v) is 12.6. The van der Waals surface area contributed by atoms with Crippen molar-refractivity contribution in [3.63, 3.8) is 0 Å². The first-order chi connectivity index (χ1) is 10.5. The van der Waals surface area contributed by atoms with Crippen molar-refractivity contribution in [1.29, 1.82) is 0 Å². The molecule has 5 nitrogen and oxygen atoms in total. The number of ether oxygens (including phenoxy) is 3. The molecule has 0 bridgehead atoms. The topological polar surface area (TPSA) is 61.8 Å². The number of esters is 2. The SMILES string of the molecule is COc1ccc(OC(C)=O)c(-c2ccccc2OC(C)=O)c1. The molecule has 0 saturated carbocycles.